The van der Waals surface area contributed by atoms with Crippen LogP contribution in [0.15, 0.2) is 59.1 Å². The van der Waals surface area contributed by atoms with Crippen LogP contribution in [0.1, 0.15) is 56.7 Å². The molecule has 154 valence electrons. The molecular formula is C24H28BrNO3. The van der Waals surface area contributed by atoms with Crippen molar-refractivity contribution in [3.8, 4) is 0 Å². The highest BCUT2D eigenvalue weighted by molar-refractivity contribution is 9.10. The predicted molar refractivity (Wildman–Crippen MR) is 116 cm³/mol. The van der Waals surface area contributed by atoms with E-state index in [4.69, 9.17) is 4.74 Å². The van der Waals surface area contributed by atoms with E-state index in [9.17, 15) is 9.90 Å². The Morgan fingerprint density at radius 2 is 1.83 bits per heavy atom. The van der Waals surface area contributed by atoms with Gasteiger partial charge in [0.05, 0.1) is 11.6 Å². The van der Waals surface area contributed by atoms with E-state index < -0.39 is 11.2 Å². The fraction of sp³-hybridized carbons (Fsp3) is 0.458. The Morgan fingerprint density at radius 3 is 2.38 bits per heavy atom. The Bertz CT molecular complexity index is 858. The maximum atomic E-state index is 13.3. The highest BCUT2D eigenvalue weighted by Crippen LogP contribution is 2.48. The molecule has 1 N–H and O–H groups in total. The largest absolute Gasteiger partial charge is 0.438 e. The SMILES string of the molecule is CC(C)(O)C[C@@]1(c2ccccc2)CCN([C@H](c2ccc(Br)cc2)C2CC2)C(=O)O1. The second-order valence-electron chi connectivity index (χ2n) is 8.99. The zero-order valence-electron chi connectivity index (χ0n) is 17.0. The highest BCUT2D eigenvalue weighted by Gasteiger charge is 2.49. The third kappa shape index (κ3) is 4.51. The summed E-state index contributed by atoms with van der Waals surface area (Å²) in [6.07, 6.45) is 3.02. The van der Waals surface area contributed by atoms with Crippen molar-refractivity contribution >= 4 is 22.0 Å². The van der Waals surface area contributed by atoms with Crippen LogP contribution in [0.4, 0.5) is 4.79 Å². The Labute approximate surface area is 181 Å². The van der Waals surface area contributed by atoms with Gasteiger partial charge in [-0.25, -0.2) is 4.79 Å². The number of halogens is 1. The Hall–Kier alpha value is -1.85. The average Bonchev–Trinajstić information content (AvgIpc) is 3.50. The van der Waals surface area contributed by atoms with E-state index in [1.807, 2.05) is 47.4 Å². The maximum Gasteiger partial charge on any atom is 0.411 e. The van der Waals surface area contributed by atoms with Crippen molar-refractivity contribution in [3.63, 3.8) is 0 Å². The molecule has 1 aliphatic carbocycles. The first kappa shape index (κ1) is 20.4. The molecule has 0 spiro atoms. The van der Waals surface area contributed by atoms with Gasteiger partial charge in [0, 0.05) is 23.9 Å². The lowest BCUT2D eigenvalue weighted by Crippen LogP contribution is -2.51. The third-order valence-electron chi connectivity index (χ3n) is 5.91. The molecule has 0 bridgehead atoms. The summed E-state index contributed by atoms with van der Waals surface area (Å²) in [6, 6.07) is 18.1. The predicted octanol–water partition coefficient (Wildman–Crippen LogP) is 5.80. The molecule has 4 rings (SSSR count). The normalized spacial score (nSPS) is 23.6. The lowest BCUT2D eigenvalue weighted by atomic mass is 9.80. The van der Waals surface area contributed by atoms with Crippen molar-refractivity contribution in [2.24, 2.45) is 5.92 Å². The molecule has 1 heterocycles. The molecule has 1 aliphatic heterocycles. The van der Waals surface area contributed by atoms with Crippen LogP contribution in [0.5, 0.6) is 0 Å². The van der Waals surface area contributed by atoms with E-state index in [2.05, 4.69) is 28.1 Å². The van der Waals surface area contributed by atoms with Gasteiger partial charge in [0.2, 0.25) is 0 Å². The van der Waals surface area contributed by atoms with Crippen molar-refractivity contribution in [1.82, 2.24) is 4.90 Å². The molecule has 1 saturated carbocycles. The van der Waals surface area contributed by atoms with E-state index in [1.54, 1.807) is 13.8 Å². The second-order valence-corrected chi connectivity index (χ2v) is 9.91. The quantitative estimate of drug-likeness (QED) is 0.596. The smallest absolute Gasteiger partial charge is 0.411 e. The third-order valence-corrected chi connectivity index (χ3v) is 6.44. The first-order valence-corrected chi connectivity index (χ1v) is 11.1. The standard InChI is InChI=1S/C24H28BrNO3/c1-23(2,28)16-24(19-6-4-3-5-7-19)14-15-26(22(27)29-24)21(17-8-9-17)18-10-12-20(25)13-11-18/h3-7,10-13,17,21,28H,8-9,14-16H2,1-2H3/t21-,24+/m0/s1. The first-order valence-electron chi connectivity index (χ1n) is 10.3. The van der Waals surface area contributed by atoms with Crippen LogP contribution in [0.3, 0.4) is 0 Å². The van der Waals surface area contributed by atoms with Crippen LogP contribution in [0, 0.1) is 5.92 Å². The molecule has 2 aromatic rings. The molecule has 0 unspecified atom stereocenters. The Morgan fingerprint density at radius 1 is 1.17 bits per heavy atom. The van der Waals surface area contributed by atoms with Gasteiger partial charge in [0.1, 0.15) is 5.60 Å². The number of ether oxygens (including phenoxy) is 1. The molecular weight excluding hydrogens is 430 g/mol. The summed E-state index contributed by atoms with van der Waals surface area (Å²) >= 11 is 3.49. The molecule has 0 radical (unpaired) electrons. The molecule has 4 nitrogen and oxygen atoms in total. The molecule has 2 fully saturated rings. The summed E-state index contributed by atoms with van der Waals surface area (Å²) in [5.41, 5.74) is 0.352. The maximum absolute atomic E-state index is 13.3. The van der Waals surface area contributed by atoms with Gasteiger partial charge in [0.25, 0.3) is 0 Å². The zero-order valence-corrected chi connectivity index (χ0v) is 18.6. The van der Waals surface area contributed by atoms with E-state index in [0.717, 1.165) is 28.4 Å². The number of cyclic esters (lactones) is 1. The summed E-state index contributed by atoms with van der Waals surface area (Å²) < 4.78 is 7.20. The molecule has 1 saturated heterocycles. The van der Waals surface area contributed by atoms with Crippen molar-refractivity contribution < 1.29 is 14.6 Å². The van der Waals surface area contributed by atoms with Gasteiger partial charge in [-0.3, -0.25) is 0 Å². The zero-order chi connectivity index (χ0) is 20.6. The van der Waals surface area contributed by atoms with E-state index in [0.29, 0.717) is 25.3 Å². The van der Waals surface area contributed by atoms with Crippen molar-refractivity contribution in [2.75, 3.05) is 6.54 Å². The molecule has 2 aromatic carbocycles. The molecule has 1 amide bonds. The number of aliphatic hydroxyl groups is 1. The summed E-state index contributed by atoms with van der Waals surface area (Å²) in [5, 5.41) is 10.6. The summed E-state index contributed by atoms with van der Waals surface area (Å²) in [4.78, 5) is 15.2. The summed E-state index contributed by atoms with van der Waals surface area (Å²) in [7, 11) is 0. The minimum atomic E-state index is -0.945. The van der Waals surface area contributed by atoms with Crippen molar-refractivity contribution in [3.05, 3.63) is 70.2 Å². The van der Waals surface area contributed by atoms with Crippen molar-refractivity contribution in [2.45, 2.75) is 56.8 Å². The van der Waals surface area contributed by atoms with Crippen LogP contribution < -0.4 is 0 Å². The number of rotatable bonds is 6. The molecule has 2 atom stereocenters. The van der Waals surface area contributed by atoms with Gasteiger partial charge in [-0.05, 0) is 55.9 Å². The van der Waals surface area contributed by atoms with Gasteiger partial charge in [-0.15, -0.1) is 0 Å². The number of benzene rings is 2. The lowest BCUT2D eigenvalue weighted by molar-refractivity contribution is -0.103. The summed E-state index contributed by atoms with van der Waals surface area (Å²) in [5.74, 6) is 0.488. The topological polar surface area (TPSA) is 49.8 Å². The monoisotopic (exact) mass is 457 g/mol. The number of carbonyl (C=O) groups excluding carboxylic acids is 1. The first-order chi connectivity index (χ1) is 13.8. The number of amides is 1. The molecule has 5 heteroatoms. The van der Waals surface area contributed by atoms with Gasteiger partial charge in [-0.1, -0.05) is 58.4 Å². The van der Waals surface area contributed by atoms with E-state index in [-0.39, 0.29) is 12.1 Å². The van der Waals surface area contributed by atoms with Gasteiger partial charge in [-0.2, -0.15) is 0 Å². The van der Waals surface area contributed by atoms with Gasteiger partial charge >= 0.3 is 6.09 Å². The van der Waals surface area contributed by atoms with E-state index in [1.165, 1.54) is 0 Å². The Balaban J connectivity index is 1.62. The average molecular weight is 458 g/mol. The summed E-state index contributed by atoms with van der Waals surface area (Å²) in [6.45, 7) is 4.15. The van der Waals surface area contributed by atoms with Crippen LogP contribution in [0.2, 0.25) is 0 Å². The fourth-order valence-corrected chi connectivity index (χ4v) is 4.84. The molecule has 2 aliphatic rings. The van der Waals surface area contributed by atoms with Crippen LogP contribution in [-0.2, 0) is 10.3 Å². The van der Waals surface area contributed by atoms with E-state index >= 15 is 0 Å². The minimum Gasteiger partial charge on any atom is -0.438 e. The molecule has 0 aromatic heterocycles. The number of hydrogen-bond acceptors (Lipinski definition) is 3. The molecule has 29 heavy (non-hydrogen) atoms. The minimum absolute atomic E-state index is 0.0477. The van der Waals surface area contributed by atoms with Crippen LogP contribution in [0.25, 0.3) is 0 Å². The number of nitrogens with zero attached hydrogens (tertiary/aromatic N) is 1. The lowest BCUT2D eigenvalue weighted by Gasteiger charge is -2.46. The van der Waals surface area contributed by atoms with Gasteiger partial charge in [0.15, 0.2) is 0 Å². The fourth-order valence-electron chi connectivity index (χ4n) is 4.57. The number of hydrogen-bond donors (Lipinski definition) is 1. The van der Waals surface area contributed by atoms with Gasteiger partial charge < -0.3 is 14.7 Å². The highest BCUT2D eigenvalue weighted by atomic mass is 79.9. The van der Waals surface area contributed by atoms with Crippen LogP contribution >= 0.6 is 15.9 Å². The number of carbonyl (C=O) groups is 1. The second kappa shape index (κ2) is 7.77. The van der Waals surface area contributed by atoms with Crippen LogP contribution in [-0.4, -0.2) is 28.2 Å². The van der Waals surface area contributed by atoms with Crippen molar-refractivity contribution in [1.29, 1.82) is 0 Å². The Kier molecular flexibility index (Phi) is 5.47.